The molecule has 1 heterocycles. The second kappa shape index (κ2) is 4.82. The highest BCUT2D eigenvalue weighted by atomic mass is 35.5. The van der Waals surface area contributed by atoms with E-state index in [1.165, 1.54) is 12.8 Å². The Labute approximate surface area is 117 Å². The van der Waals surface area contributed by atoms with E-state index >= 15 is 0 Å². The first-order chi connectivity index (χ1) is 9.13. The molecule has 3 nitrogen and oxygen atoms in total. The van der Waals surface area contributed by atoms with Crippen LogP contribution >= 0.6 is 11.6 Å². The van der Waals surface area contributed by atoms with Gasteiger partial charge in [-0.2, -0.15) is 0 Å². The van der Waals surface area contributed by atoms with E-state index in [0.29, 0.717) is 5.95 Å². The maximum atomic E-state index is 6.16. The highest BCUT2D eigenvalue weighted by Gasteiger charge is 2.22. The van der Waals surface area contributed by atoms with Crippen molar-refractivity contribution in [1.82, 2.24) is 9.97 Å². The smallest absolute Gasteiger partial charge is 0.220 e. The first-order valence-electron chi connectivity index (χ1n) is 6.52. The molecule has 0 amide bonds. The minimum atomic E-state index is 0.340. The molecule has 0 atom stereocenters. The lowest BCUT2D eigenvalue weighted by molar-refractivity contribution is 0.802. The third-order valence-corrected chi connectivity index (χ3v) is 3.94. The maximum Gasteiger partial charge on any atom is 0.220 e. The number of anilines is 1. The van der Waals surface area contributed by atoms with Gasteiger partial charge in [0.1, 0.15) is 0 Å². The fourth-order valence-corrected chi connectivity index (χ4v) is 2.44. The van der Waals surface area contributed by atoms with Crippen LogP contribution in [0.3, 0.4) is 0 Å². The molecule has 1 aromatic carbocycles. The lowest BCUT2D eigenvalue weighted by Gasteiger charge is -2.09. The van der Waals surface area contributed by atoms with Crippen LogP contribution in [0.15, 0.2) is 24.3 Å². The molecule has 4 heteroatoms. The number of hydrogen-bond donors (Lipinski definition) is 1. The molecule has 1 aliphatic rings. The van der Waals surface area contributed by atoms with E-state index in [2.05, 4.69) is 9.97 Å². The van der Waals surface area contributed by atoms with Gasteiger partial charge in [0.25, 0.3) is 0 Å². The largest absolute Gasteiger partial charge is 0.368 e. The minimum absolute atomic E-state index is 0.340. The van der Waals surface area contributed by atoms with Gasteiger partial charge < -0.3 is 5.73 Å². The number of rotatable bonds is 3. The fourth-order valence-electron chi connectivity index (χ4n) is 2.26. The van der Waals surface area contributed by atoms with Crippen LogP contribution < -0.4 is 5.73 Å². The normalized spacial score (nSPS) is 14.6. The molecule has 0 radical (unpaired) electrons. The summed E-state index contributed by atoms with van der Waals surface area (Å²) in [5.74, 6) is 1.12. The Morgan fingerprint density at radius 1 is 1.32 bits per heavy atom. The average molecular weight is 274 g/mol. The Hall–Kier alpha value is -1.61. The zero-order chi connectivity index (χ0) is 13.4. The molecule has 1 fully saturated rings. The van der Waals surface area contributed by atoms with Crippen molar-refractivity contribution in [2.45, 2.75) is 26.2 Å². The van der Waals surface area contributed by atoms with Gasteiger partial charge in [-0.15, -0.1) is 0 Å². The molecule has 0 bridgehead atoms. The summed E-state index contributed by atoms with van der Waals surface area (Å²) in [4.78, 5) is 8.67. The SMILES string of the molecule is Cc1c(Cl)cccc1-c1cc(CC2CC2)nc(N)n1. The van der Waals surface area contributed by atoms with Crippen molar-refractivity contribution in [2.75, 3.05) is 5.73 Å². The van der Waals surface area contributed by atoms with Crippen LogP contribution in [0.5, 0.6) is 0 Å². The van der Waals surface area contributed by atoms with Gasteiger partial charge in [-0.3, -0.25) is 0 Å². The quantitative estimate of drug-likeness (QED) is 0.929. The van der Waals surface area contributed by atoms with Crippen LogP contribution in [-0.4, -0.2) is 9.97 Å². The molecular formula is C15H16ClN3. The van der Waals surface area contributed by atoms with Gasteiger partial charge in [-0.25, -0.2) is 9.97 Å². The first-order valence-corrected chi connectivity index (χ1v) is 6.90. The van der Waals surface area contributed by atoms with Crippen LogP contribution in [0.4, 0.5) is 5.95 Å². The average Bonchev–Trinajstić information content (AvgIpc) is 3.16. The Bertz CT molecular complexity index is 621. The van der Waals surface area contributed by atoms with Crippen LogP contribution in [0.1, 0.15) is 24.1 Å². The van der Waals surface area contributed by atoms with Gasteiger partial charge in [0.15, 0.2) is 0 Å². The number of halogens is 1. The Morgan fingerprint density at radius 2 is 2.11 bits per heavy atom. The van der Waals surface area contributed by atoms with Gasteiger partial charge in [-0.05, 0) is 49.8 Å². The Kier molecular flexibility index (Phi) is 3.15. The molecule has 0 aliphatic heterocycles. The summed E-state index contributed by atoms with van der Waals surface area (Å²) < 4.78 is 0. The first kappa shape index (κ1) is 12.4. The van der Waals surface area contributed by atoms with Crippen LogP contribution in [0, 0.1) is 12.8 Å². The molecule has 2 N–H and O–H groups in total. The zero-order valence-electron chi connectivity index (χ0n) is 10.9. The van der Waals surface area contributed by atoms with Gasteiger partial charge in [0, 0.05) is 16.3 Å². The van der Waals surface area contributed by atoms with E-state index in [4.69, 9.17) is 17.3 Å². The standard InChI is InChI=1S/C15H16ClN3/c1-9-12(3-2-4-13(9)16)14-8-11(7-10-5-6-10)18-15(17)19-14/h2-4,8,10H,5-7H2,1H3,(H2,17,18,19). The predicted octanol–water partition coefficient (Wildman–Crippen LogP) is 3.64. The molecule has 3 rings (SSSR count). The predicted molar refractivity (Wildman–Crippen MR) is 78.1 cm³/mol. The summed E-state index contributed by atoms with van der Waals surface area (Å²) in [6.45, 7) is 2.00. The van der Waals surface area contributed by atoms with E-state index in [1.807, 2.05) is 31.2 Å². The van der Waals surface area contributed by atoms with E-state index in [0.717, 1.165) is 39.9 Å². The number of hydrogen-bond acceptors (Lipinski definition) is 3. The number of aromatic nitrogens is 2. The number of nitrogens with zero attached hydrogens (tertiary/aromatic N) is 2. The van der Waals surface area contributed by atoms with Crippen molar-refractivity contribution in [3.8, 4) is 11.3 Å². The second-order valence-corrected chi connectivity index (χ2v) is 5.57. The monoisotopic (exact) mass is 273 g/mol. The maximum absolute atomic E-state index is 6.16. The van der Waals surface area contributed by atoms with E-state index in [1.54, 1.807) is 0 Å². The van der Waals surface area contributed by atoms with E-state index in [-0.39, 0.29) is 0 Å². The molecule has 0 spiro atoms. The highest BCUT2D eigenvalue weighted by molar-refractivity contribution is 6.31. The highest BCUT2D eigenvalue weighted by Crippen LogP contribution is 2.33. The van der Waals surface area contributed by atoms with Crippen molar-refractivity contribution in [3.63, 3.8) is 0 Å². The number of nitrogens with two attached hydrogens (primary N) is 1. The third-order valence-electron chi connectivity index (χ3n) is 3.53. The van der Waals surface area contributed by atoms with Crippen LogP contribution in [0.2, 0.25) is 5.02 Å². The molecular weight excluding hydrogens is 258 g/mol. The molecule has 1 aromatic heterocycles. The van der Waals surface area contributed by atoms with Crippen molar-refractivity contribution < 1.29 is 0 Å². The fraction of sp³-hybridized carbons (Fsp3) is 0.333. The summed E-state index contributed by atoms with van der Waals surface area (Å²) in [5, 5.41) is 0.749. The lowest BCUT2D eigenvalue weighted by Crippen LogP contribution is -2.02. The summed E-state index contributed by atoms with van der Waals surface area (Å²) >= 11 is 6.16. The van der Waals surface area contributed by atoms with Gasteiger partial charge in [0.2, 0.25) is 5.95 Å². The molecule has 2 aromatic rings. The van der Waals surface area contributed by atoms with Gasteiger partial charge in [0.05, 0.1) is 5.69 Å². The summed E-state index contributed by atoms with van der Waals surface area (Å²) in [6.07, 6.45) is 3.60. The van der Waals surface area contributed by atoms with Crippen molar-refractivity contribution in [2.24, 2.45) is 5.92 Å². The summed E-state index contributed by atoms with van der Waals surface area (Å²) in [7, 11) is 0. The molecule has 98 valence electrons. The topological polar surface area (TPSA) is 51.8 Å². The summed E-state index contributed by atoms with van der Waals surface area (Å²) in [6, 6.07) is 7.87. The van der Waals surface area contributed by atoms with Crippen LogP contribution in [0.25, 0.3) is 11.3 Å². The molecule has 0 unspecified atom stereocenters. The van der Waals surface area contributed by atoms with E-state index in [9.17, 15) is 0 Å². The lowest BCUT2D eigenvalue weighted by atomic mass is 10.0. The Morgan fingerprint density at radius 3 is 2.84 bits per heavy atom. The van der Waals surface area contributed by atoms with Crippen molar-refractivity contribution in [1.29, 1.82) is 0 Å². The van der Waals surface area contributed by atoms with Gasteiger partial charge in [-0.1, -0.05) is 23.7 Å². The van der Waals surface area contributed by atoms with E-state index < -0.39 is 0 Å². The van der Waals surface area contributed by atoms with Crippen molar-refractivity contribution >= 4 is 17.5 Å². The third kappa shape index (κ3) is 2.71. The summed E-state index contributed by atoms with van der Waals surface area (Å²) in [5.41, 5.74) is 9.78. The van der Waals surface area contributed by atoms with Crippen LogP contribution in [-0.2, 0) is 6.42 Å². The second-order valence-electron chi connectivity index (χ2n) is 5.16. The number of benzene rings is 1. The molecule has 0 saturated heterocycles. The minimum Gasteiger partial charge on any atom is -0.368 e. The molecule has 1 aliphatic carbocycles. The molecule has 19 heavy (non-hydrogen) atoms. The van der Waals surface area contributed by atoms with Crippen molar-refractivity contribution in [3.05, 3.63) is 40.5 Å². The Balaban J connectivity index is 2.03. The number of nitrogen functional groups attached to an aromatic ring is 1. The van der Waals surface area contributed by atoms with Gasteiger partial charge >= 0.3 is 0 Å². The zero-order valence-corrected chi connectivity index (χ0v) is 11.6. The molecule has 1 saturated carbocycles.